The van der Waals surface area contributed by atoms with Crippen molar-refractivity contribution in [1.29, 1.82) is 0 Å². The maximum absolute atomic E-state index is 3.81. The van der Waals surface area contributed by atoms with Crippen LogP contribution in [0.5, 0.6) is 0 Å². The van der Waals surface area contributed by atoms with Gasteiger partial charge in [-0.25, -0.2) is 0 Å². The molecule has 0 bridgehead atoms. The summed E-state index contributed by atoms with van der Waals surface area (Å²) in [5.74, 6) is 0. The summed E-state index contributed by atoms with van der Waals surface area (Å²) >= 11 is 0. The van der Waals surface area contributed by atoms with E-state index in [4.69, 9.17) is 0 Å². The molecule has 0 atom stereocenters. The first-order chi connectivity index (χ1) is 10.9. The molecule has 0 aliphatic heterocycles. The van der Waals surface area contributed by atoms with Gasteiger partial charge in [-0.2, -0.15) is 0 Å². The van der Waals surface area contributed by atoms with Gasteiger partial charge in [-0.3, -0.25) is 0 Å². The molecule has 1 nitrogen and oxygen atoms in total. The van der Waals surface area contributed by atoms with Crippen LogP contribution in [-0.4, -0.2) is 18.7 Å². The lowest BCUT2D eigenvalue weighted by molar-refractivity contribution is 0.381. The van der Waals surface area contributed by atoms with E-state index in [9.17, 15) is 0 Å². The Labute approximate surface area is 135 Å². The molecule has 22 heavy (non-hydrogen) atoms. The van der Waals surface area contributed by atoms with Gasteiger partial charge in [0.2, 0.25) is 0 Å². The van der Waals surface area contributed by atoms with E-state index in [1.54, 1.807) is 0 Å². The molecule has 0 radical (unpaired) electrons. The molecule has 2 aromatic carbocycles. The van der Waals surface area contributed by atoms with E-state index >= 15 is 0 Å². The van der Waals surface area contributed by atoms with Crippen LogP contribution in [0.3, 0.4) is 0 Å². The van der Waals surface area contributed by atoms with Gasteiger partial charge in [-0.15, -0.1) is 0 Å². The van der Waals surface area contributed by atoms with Crippen molar-refractivity contribution in [2.75, 3.05) is 12.7 Å². The van der Waals surface area contributed by atoms with Crippen molar-refractivity contribution in [2.24, 2.45) is 0 Å². The summed E-state index contributed by atoms with van der Waals surface area (Å²) in [5, 5.41) is 6.80. The quantitative estimate of drug-likeness (QED) is 0.794. The molecule has 2 aromatic rings. The van der Waals surface area contributed by atoms with Gasteiger partial charge in [0.25, 0.3) is 0 Å². The van der Waals surface area contributed by atoms with Gasteiger partial charge in [-0.1, -0.05) is 79.9 Å². The van der Waals surface area contributed by atoms with Crippen LogP contribution in [0.4, 0.5) is 0 Å². The predicted molar refractivity (Wildman–Crippen MR) is 98.8 cm³/mol. The second-order valence-corrected chi connectivity index (χ2v) is 8.45. The molecule has 3 rings (SSSR count). The van der Waals surface area contributed by atoms with Crippen LogP contribution in [0.25, 0.3) is 0 Å². The van der Waals surface area contributed by atoms with Crippen LogP contribution >= 0.6 is 7.92 Å². The highest BCUT2D eigenvalue weighted by Gasteiger charge is 2.16. The number of benzene rings is 2. The van der Waals surface area contributed by atoms with Gasteiger partial charge in [0.05, 0.1) is 0 Å². The summed E-state index contributed by atoms with van der Waals surface area (Å²) in [6.07, 6.45) is 8.22. The van der Waals surface area contributed by atoms with Crippen molar-refractivity contribution in [3.05, 3.63) is 60.7 Å². The topological polar surface area (TPSA) is 12.0 Å². The average molecular weight is 311 g/mol. The van der Waals surface area contributed by atoms with Gasteiger partial charge in [0.15, 0.2) is 0 Å². The fourth-order valence-electron chi connectivity index (χ4n) is 3.31. The highest BCUT2D eigenvalue weighted by atomic mass is 31.1. The van der Waals surface area contributed by atoms with Crippen molar-refractivity contribution in [1.82, 2.24) is 5.32 Å². The molecule has 0 heterocycles. The second-order valence-electron chi connectivity index (χ2n) is 6.11. The summed E-state index contributed by atoms with van der Waals surface area (Å²) in [5.41, 5.74) is 0. The van der Waals surface area contributed by atoms with Crippen LogP contribution in [0.2, 0.25) is 0 Å². The van der Waals surface area contributed by atoms with E-state index in [1.165, 1.54) is 48.9 Å². The van der Waals surface area contributed by atoms with Crippen molar-refractivity contribution >= 4 is 18.5 Å². The Morgan fingerprint density at radius 3 is 1.86 bits per heavy atom. The zero-order chi connectivity index (χ0) is 15.0. The van der Waals surface area contributed by atoms with Crippen LogP contribution in [0, 0.1) is 0 Å². The molecular weight excluding hydrogens is 285 g/mol. The van der Waals surface area contributed by atoms with Gasteiger partial charge in [0, 0.05) is 6.04 Å². The van der Waals surface area contributed by atoms with Gasteiger partial charge >= 0.3 is 0 Å². The molecule has 1 N–H and O–H groups in total. The first kappa shape index (κ1) is 15.7. The van der Waals surface area contributed by atoms with Crippen molar-refractivity contribution in [3.63, 3.8) is 0 Å². The predicted octanol–water partition coefficient (Wildman–Crippen LogP) is 4.04. The van der Waals surface area contributed by atoms with Crippen LogP contribution in [0.1, 0.15) is 32.1 Å². The first-order valence-electron chi connectivity index (χ1n) is 8.54. The maximum Gasteiger partial charge on any atom is 0.00672 e. The van der Waals surface area contributed by atoms with Gasteiger partial charge in [-0.05, 0) is 44.1 Å². The van der Waals surface area contributed by atoms with E-state index in [0.717, 1.165) is 12.6 Å². The summed E-state index contributed by atoms with van der Waals surface area (Å²) in [7, 11) is -0.240. The van der Waals surface area contributed by atoms with Crippen LogP contribution < -0.4 is 15.9 Å². The van der Waals surface area contributed by atoms with Crippen molar-refractivity contribution in [3.8, 4) is 0 Å². The molecule has 116 valence electrons. The fraction of sp³-hybridized carbons (Fsp3) is 0.400. The number of hydrogen-bond acceptors (Lipinski definition) is 1. The summed E-state index contributed by atoms with van der Waals surface area (Å²) in [6, 6.07) is 22.8. The smallest absolute Gasteiger partial charge is 0.00672 e. The van der Waals surface area contributed by atoms with Gasteiger partial charge in [0.1, 0.15) is 0 Å². The Morgan fingerprint density at radius 1 is 0.773 bits per heavy atom. The van der Waals surface area contributed by atoms with E-state index < -0.39 is 0 Å². The molecule has 0 aromatic heterocycles. The fourth-order valence-corrected chi connectivity index (χ4v) is 5.54. The Bertz CT molecular complexity index is 495. The first-order valence-corrected chi connectivity index (χ1v) is 10.1. The lowest BCUT2D eigenvalue weighted by Gasteiger charge is -2.25. The Kier molecular flexibility index (Phi) is 6.04. The molecule has 0 amide bonds. The summed E-state index contributed by atoms with van der Waals surface area (Å²) in [6.45, 7) is 1.14. The van der Waals surface area contributed by atoms with E-state index in [2.05, 4.69) is 66.0 Å². The molecule has 0 spiro atoms. The second kappa shape index (κ2) is 8.46. The third-order valence-corrected chi connectivity index (χ3v) is 7.02. The van der Waals surface area contributed by atoms with E-state index in [0.29, 0.717) is 0 Å². The molecule has 0 unspecified atom stereocenters. The summed E-state index contributed by atoms with van der Waals surface area (Å²) in [4.78, 5) is 0. The molecule has 1 fully saturated rings. The Morgan fingerprint density at radius 2 is 1.32 bits per heavy atom. The monoisotopic (exact) mass is 311 g/mol. The van der Waals surface area contributed by atoms with Crippen LogP contribution in [-0.2, 0) is 0 Å². The number of rotatable bonds is 6. The standard InChI is InChI=1S/C20H26NP/c1-4-10-18(11-5-1)21-16-17-22(19-12-6-2-7-13-19)20-14-8-3-9-15-20/h2-3,6-9,12-15,18,21H,1,4-5,10-11,16-17H2. The summed E-state index contributed by atoms with van der Waals surface area (Å²) < 4.78 is 0. The van der Waals surface area contributed by atoms with E-state index in [-0.39, 0.29) is 7.92 Å². The molecule has 1 saturated carbocycles. The van der Waals surface area contributed by atoms with Gasteiger partial charge < -0.3 is 5.32 Å². The molecule has 2 heteroatoms. The minimum absolute atomic E-state index is 0.240. The molecule has 1 aliphatic rings. The van der Waals surface area contributed by atoms with Crippen molar-refractivity contribution < 1.29 is 0 Å². The number of nitrogens with one attached hydrogen (secondary N) is 1. The average Bonchev–Trinajstić information content (AvgIpc) is 2.61. The largest absolute Gasteiger partial charge is 0.314 e. The minimum Gasteiger partial charge on any atom is -0.314 e. The highest BCUT2D eigenvalue weighted by molar-refractivity contribution is 7.73. The minimum atomic E-state index is -0.240. The molecule has 1 aliphatic carbocycles. The maximum atomic E-state index is 3.81. The lowest BCUT2D eigenvalue weighted by Crippen LogP contribution is -2.33. The normalized spacial score (nSPS) is 16.0. The molecule has 0 saturated heterocycles. The molecular formula is C20H26NP. The van der Waals surface area contributed by atoms with E-state index in [1.807, 2.05) is 0 Å². The lowest BCUT2D eigenvalue weighted by atomic mass is 9.96. The van der Waals surface area contributed by atoms with Crippen molar-refractivity contribution in [2.45, 2.75) is 38.1 Å². The van der Waals surface area contributed by atoms with Crippen LogP contribution in [0.15, 0.2) is 60.7 Å². The highest BCUT2D eigenvalue weighted by Crippen LogP contribution is 2.32. The third kappa shape index (κ3) is 4.41. The zero-order valence-electron chi connectivity index (χ0n) is 13.2. The Hall–Kier alpha value is -1.17. The third-order valence-electron chi connectivity index (χ3n) is 4.51. The SMILES string of the molecule is c1ccc(P(CCNC2CCCCC2)c2ccccc2)cc1. The number of hydrogen-bond donors (Lipinski definition) is 1. The zero-order valence-corrected chi connectivity index (χ0v) is 14.1. The Balaban J connectivity index is 1.64.